The lowest BCUT2D eigenvalue weighted by molar-refractivity contribution is -0.210. The van der Waals surface area contributed by atoms with Crippen LogP contribution >= 0.6 is 0 Å². The van der Waals surface area contributed by atoms with Crippen molar-refractivity contribution in [2.75, 3.05) is 24.6 Å². The summed E-state index contributed by atoms with van der Waals surface area (Å²) in [6.45, 7) is 16.1. The molecule has 0 radical (unpaired) electrons. The maximum atomic E-state index is 5.99. The summed E-state index contributed by atoms with van der Waals surface area (Å²) in [6.07, 6.45) is 2.24. The molecular formula is C19H34N3O+. The molecule has 0 aliphatic heterocycles. The third kappa shape index (κ3) is 6.59. The third-order valence-corrected chi connectivity index (χ3v) is 4.04. The summed E-state index contributed by atoms with van der Waals surface area (Å²) in [5.74, 6) is 1.42. The Morgan fingerprint density at radius 3 is 2.39 bits per heavy atom. The van der Waals surface area contributed by atoms with Crippen LogP contribution in [0.1, 0.15) is 54.4 Å². The molecule has 0 aromatic heterocycles. The number of hydrogen-bond acceptors (Lipinski definition) is 3. The Kier molecular flexibility index (Phi) is 7.53. The number of nitrogens with two attached hydrogens (primary N) is 1. The van der Waals surface area contributed by atoms with Crippen LogP contribution in [-0.2, 0) is 0 Å². The first-order chi connectivity index (χ1) is 10.8. The average molecular weight is 321 g/mol. The molecule has 23 heavy (non-hydrogen) atoms. The van der Waals surface area contributed by atoms with Crippen molar-refractivity contribution in [3.8, 4) is 5.75 Å². The highest BCUT2D eigenvalue weighted by Gasteiger charge is 2.16. The molecule has 0 amide bonds. The van der Waals surface area contributed by atoms with Gasteiger partial charge in [-0.25, -0.2) is 0 Å². The monoisotopic (exact) mass is 320 g/mol. The molecule has 0 fully saturated rings. The smallest absolute Gasteiger partial charge is 0.171 e. The maximum absolute atomic E-state index is 5.99. The molecule has 0 bridgehead atoms. The standard InChI is InChI=1S/C19H33N3O/c1-7-22(8-2)16-9-10-17(21-20)18(13-16)23-12-11-15(3)14-19(4,5)6/h9-10,13,15,20H,7-8,11-12,14H2,1-6H3/p+1. The third-order valence-electron chi connectivity index (χ3n) is 4.04. The molecule has 0 heterocycles. The highest BCUT2D eigenvalue weighted by atomic mass is 16.5. The van der Waals surface area contributed by atoms with Crippen molar-refractivity contribution in [3.63, 3.8) is 0 Å². The van der Waals surface area contributed by atoms with Gasteiger partial charge in [-0.1, -0.05) is 27.7 Å². The SMILES string of the molecule is CCN(CC)c1ccc(N=[NH2+])c(OCCC(C)CC(C)(C)C)c1. The zero-order valence-corrected chi connectivity index (χ0v) is 15.7. The Morgan fingerprint density at radius 2 is 1.87 bits per heavy atom. The van der Waals surface area contributed by atoms with E-state index in [1.807, 2.05) is 18.2 Å². The van der Waals surface area contributed by atoms with Gasteiger partial charge in [0.05, 0.1) is 6.61 Å². The van der Waals surface area contributed by atoms with Crippen LogP contribution in [-0.4, -0.2) is 19.7 Å². The largest absolute Gasteiger partial charge is 0.491 e. The molecule has 0 spiro atoms. The van der Waals surface area contributed by atoms with E-state index in [9.17, 15) is 0 Å². The quantitative estimate of drug-likeness (QED) is 0.693. The predicted molar refractivity (Wildman–Crippen MR) is 97.4 cm³/mol. The van der Waals surface area contributed by atoms with Gasteiger partial charge in [0.15, 0.2) is 11.4 Å². The summed E-state index contributed by atoms with van der Waals surface area (Å²) in [5.41, 5.74) is 7.71. The highest BCUT2D eigenvalue weighted by molar-refractivity contribution is 5.61. The van der Waals surface area contributed by atoms with Gasteiger partial charge >= 0.3 is 0 Å². The van der Waals surface area contributed by atoms with Crippen molar-refractivity contribution in [1.82, 2.24) is 0 Å². The Labute approximate surface area is 141 Å². The zero-order chi connectivity index (χ0) is 17.5. The second-order valence-electron chi connectivity index (χ2n) is 7.46. The lowest BCUT2D eigenvalue weighted by Crippen LogP contribution is -2.23. The fourth-order valence-electron chi connectivity index (χ4n) is 3.03. The van der Waals surface area contributed by atoms with Crippen molar-refractivity contribution < 1.29 is 10.3 Å². The van der Waals surface area contributed by atoms with Crippen molar-refractivity contribution in [2.24, 2.45) is 16.4 Å². The molecule has 0 aliphatic carbocycles. The molecule has 1 aromatic carbocycles. The van der Waals surface area contributed by atoms with Crippen molar-refractivity contribution >= 4 is 11.4 Å². The van der Waals surface area contributed by atoms with Gasteiger partial charge in [0.2, 0.25) is 0 Å². The summed E-state index contributed by atoms with van der Waals surface area (Å²) in [7, 11) is 0. The number of anilines is 1. The van der Waals surface area contributed by atoms with Gasteiger partial charge in [0.1, 0.15) is 0 Å². The molecular weight excluding hydrogens is 286 g/mol. The molecule has 0 saturated carbocycles. The molecule has 1 unspecified atom stereocenters. The van der Waals surface area contributed by atoms with E-state index in [-0.39, 0.29) is 0 Å². The minimum atomic E-state index is 0.361. The first-order valence-electron chi connectivity index (χ1n) is 8.73. The predicted octanol–water partition coefficient (Wildman–Crippen LogP) is 4.22. The minimum absolute atomic E-state index is 0.361. The molecule has 0 aliphatic rings. The van der Waals surface area contributed by atoms with Crippen LogP contribution < -0.4 is 15.2 Å². The van der Waals surface area contributed by atoms with Crippen LogP contribution in [0.2, 0.25) is 0 Å². The molecule has 0 saturated heterocycles. The minimum Gasteiger partial charge on any atom is -0.491 e. The molecule has 130 valence electrons. The van der Waals surface area contributed by atoms with E-state index < -0.39 is 0 Å². The van der Waals surface area contributed by atoms with E-state index in [4.69, 9.17) is 10.3 Å². The van der Waals surface area contributed by atoms with Gasteiger partial charge in [0.25, 0.3) is 0 Å². The van der Waals surface area contributed by atoms with Gasteiger partial charge < -0.3 is 9.64 Å². The molecule has 4 nitrogen and oxygen atoms in total. The molecule has 1 atom stereocenters. The zero-order valence-electron chi connectivity index (χ0n) is 15.7. The fraction of sp³-hybridized carbons (Fsp3) is 0.684. The number of nitrogens with zero attached hydrogens (tertiary/aromatic N) is 2. The number of rotatable bonds is 9. The summed E-state index contributed by atoms with van der Waals surface area (Å²) >= 11 is 0. The lowest BCUT2D eigenvalue weighted by Gasteiger charge is -2.24. The van der Waals surface area contributed by atoms with E-state index in [0.29, 0.717) is 23.6 Å². The molecule has 4 heteroatoms. The topological polar surface area (TPSA) is 50.4 Å². The van der Waals surface area contributed by atoms with E-state index in [1.54, 1.807) is 0 Å². The van der Waals surface area contributed by atoms with Crippen LogP contribution in [0.4, 0.5) is 11.4 Å². The van der Waals surface area contributed by atoms with E-state index >= 15 is 0 Å². The highest BCUT2D eigenvalue weighted by Crippen LogP contribution is 2.32. The average Bonchev–Trinajstić information content (AvgIpc) is 2.47. The number of ether oxygens (including phenoxy) is 1. The summed E-state index contributed by atoms with van der Waals surface area (Å²) < 4.78 is 5.99. The Morgan fingerprint density at radius 1 is 1.22 bits per heavy atom. The van der Waals surface area contributed by atoms with Gasteiger partial charge in [-0.15, -0.1) is 0 Å². The first kappa shape index (κ1) is 19.5. The second kappa shape index (κ2) is 8.90. The van der Waals surface area contributed by atoms with Gasteiger partial charge in [-0.05, 0) is 55.3 Å². The molecule has 1 rings (SSSR count). The number of benzene rings is 1. The van der Waals surface area contributed by atoms with Crippen LogP contribution in [0.5, 0.6) is 5.75 Å². The number of hydrogen-bond donors (Lipinski definition) is 1. The van der Waals surface area contributed by atoms with Crippen LogP contribution in [0.25, 0.3) is 0 Å². The normalized spacial score (nSPS) is 12.8. The Balaban J connectivity index is 2.71. The van der Waals surface area contributed by atoms with Crippen LogP contribution in [0.3, 0.4) is 0 Å². The molecule has 2 N–H and O–H groups in total. The van der Waals surface area contributed by atoms with Crippen molar-refractivity contribution in [1.29, 1.82) is 0 Å². The van der Waals surface area contributed by atoms with Crippen LogP contribution in [0, 0.1) is 11.3 Å². The Bertz CT molecular complexity index is 490. The summed E-state index contributed by atoms with van der Waals surface area (Å²) in [6, 6.07) is 6.03. The summed E-state index contributed by atoms with van der Waals surface area (Å²) in [4.78, 5) is 2.29. The maximum Gasteiger partial charge on any atom is 0.171 e. The van der Waals surface area contributed by atoms with E-state index in [2.05, 4.69) is 51.6 Å². The van der Waals surface area contributed by atoms with Crippen molar-refractivity contribution in [2.45, 2.75) is 54.4 Å². The van der Waals surface area contributed by atoms with Gasteiger partial charge in [0, 0.05) is 24.8 Å². The van der Waals surface area contributed by atoms with E-state index in [1.165, 1.54) is 6.42 Å². The van der Waals surface area contributed by atoms with Crippen LogP contribution in [0.15, 0.2) is 23.3 Å². The van der Waals surface area contributed by atoms with Crippen molar-refractivity contribution in [3.05, 3.63) is 18.2 Å². The fourth-order valence-corrected chi connectivity index (χ4v) is 3.03. The van der Waals surface area contributed by atoms with E-state index in [0.717, 1.165) is 30.9 Å². The lowest BCUT2D eigenvalue weighted by atomic mass is 9.84. The summed E-state index contributed by atoms with van der Waals surface area (Å²) in [5, 5.41) is 3.84. The van der Waals surface area contributed by atoms with Gasteiger partial charge in [-0.2, -0.15) is 5.53 Å². The molecule has 1 aromatic rings. The second-order valence-corrected chi connectivity index (χ2v) is 7.46. The first-order valence-corrected chi connectivity index (χ1v) is 8.73. The van der Waals surface area contributed by atoms with Gasteiger partial charge in [-0.3, -0.25) is 0 Å². The Hall–Kier alpha value is -1.58.